The number of amides is 1. The van der Waals surface area contributed by atoms with E-state index in [2.05, 4.69) is 10.2 Å². The standard InChI is InChI=1S/C21H32N2O2/c24-21(22-12-19-9-4-10-25-19)11-20-17-7-3-8-18(20)15-23(14-17)13-16-5-1-2-6-16/h4,9-10,16-18,20H,1-3,5-8,11-15H2,(H,22,24). The molecular weight excluding hydrogens is 312 g/mol. The molecule has 3 fully saturated rings. The summed E-state index contributed by atoms with van der Waals surface area (Å²) >= 11 is 0. The quantitative estimate of drug-likeness (QED) is 0.853. The summed E-state index contributed by atoms with van der Waals surface area (Å²) in [6.45, 7) is 4.28. The molecule has 4 rings (SSSR count). The van der Waals surface area contributed by atoms with Crippen molar-refractivity contribution in [3.8, 4) is 0 Å². The molecule has 2 unspecified atom stereocenters. The third-order valence-electron chi connectivity index (χ3n) is 6.80. The number of nitrogens with zero attached hydrogens (tertiary/aromatic N) is 1. The van der Waals surface area contributed by atoms with E-state index in [4.69, 9.17) is 4.42 Å². The van der Waals surface area contributed by atoms with E-state index in [-0.39, 0.29) is 5.91 Å². The van der Waals surface area contributed by atoms with Crippen molar-refractivity contribution >= 4 is 5.91 Å². The van der Waals surface area contributed by atoms with Crippen molar-refractivity contribution in [3.63, 3.8) is 0 Å². The van der Waals surface area contributed by atoms with E-state index >= 15 is 0 Å². The SMILES string of the molecule is O=C(CC1C2CCCC1CN(CC1CCCC1)C2)NCc1ccco1. The van der Waals surface area contributed by atoms with Crippen molar-refractivity contribution in [1.82, 2.24) is 10.2 Å². The molecule has 1 saturated heterocycles. The molecule has 1 aromatic rings. The number of carbonyl (C=O) groups excluding carboxylic acids is 1. The van der Waals surface area contributed by atoms with Crippen LogP contribution >= 0.6 is 0 Å². The van der Waals surface area contributed by atoms with Crippen LogP contribution in [0.4, 0.5) is 0 Å². The van der Waals surface area contributed by atoms with Crippen LogP contribution in [0.3, 0.4) is 0 Å². The number of hydrogen-bond acceptors (Lipinski definition) is 3. The predicted molar refractivity (Wildman–Crippen MR) is 97.9 cm³/mol. The van der Waals surface area contributed by atoms with Crippen LogP contribution in [0.15, 0.2) is 22.8 Å². The molecule has 1 N–H and O–H groups in total. The fourth-order valence-corrected chi connectivity index (χ4v) is 5.57. The van der Waals surface area contributed by atoms with E-state index in [9.17, 15) is 4.79 Å². The van der Waals surface area contributed by atoms with Crippen molar-refractivity contribution in [2.75, 3.05) is 19.6 Å². The Bertz CT molecular complexity index is 536. The van der Waals surface area contributed by atoms with E-state index in [1.165, 1.54) is 64.6 Å². The number of nitrogens with one attached hydrogen (secondary N) is 1. The van der Waals surface area contributed by atoms with Gasteiger partial charge in [0.25, 0.3) is 0 Å². The van der Waals surface area contributed by atoms with Crippen molar-refractivity contribution in [1.29, 1.82) is 0 Å². The number of likely N-dealkylation sites (tertiary alicyclic amines) is 1. The summed E-state index contributed by atoms with van der Waals surface area (Å²) in [5.74, 6) is 4.01. The van der Waals surface area contributed by atoms with E-state index in [1.807, 2.05) is 12.1 Å². The number of fused-ring (bicyclic) bond motifs is 2. The van der Waals surface area contributed by atoms with Gasteiger partial charge in [-0.2, -0.15) is 0 Å². The van der Waals surface area contributed by atoms with Crippen LogP contribution in [-0.4, -0.2) is 30.4 Å². The number of carbonyl (C=O) groups is 1. The Hall–Kier alpha value is -1.29. The van der Waals surface area contributed by atoms with Crippen LogP contribution in [0, 0.1) is 23.7 Å². The van der Waals surface area contributed by atoms with Gasteiger partial charge in [-0.1, -0.05) is 19.3 Å². The second-order valence-corrected chi connectivity index (χ2v) is 8.54. The van der Waals surface area contributed by atoms with Gasteiger partial charge in [0, 0.05) is 26.1 Å². The second-order valence-electron chi connectivity index (χ2n) is 8.54. The lowest BCUT2D eigenvalue weighted by atomic mass is 9.67. The third kappa shape index (κ3) is 4.28. The van der Waals surface area contributed by atoms with Crippen molar-refractivity contribution in [2.24, 2.45) is 23.7 Å². The molecule has 0 radical (unpaired) electrons. The predicted octanol–water partition coefficient (Wildman–Crippen LogP) is 3.82. The van der Waals surface area contributed by atoms with Crippen LogP contribution < -0.4 is 5.32 Å². The summed E-state index contributed by atoms with van der Waals surface area (Å²) < 4.78 is 5.30. The summed E-state index contributed by atoms with van der Waals surface area (Å²) in [7, 11) is 0. The van der Waals surface area contributed by atoms with Crippen LogP contribution in [0.1, 0.15) is 57.1 Å². The van der Waals surface area contributed by atoms with Gasteiger partial charge in [0.1, 0.15) is 5.76 Å². The highest BCUT2D eigenvalue weighted by Gasteiger charge is 2.40. The van der Waals surface area contributed by atoms with Gasteiger partial charge in [-0.15, -0.1) is 0 Å². The van der Waals surface area contributed by atoms with E-state index in [1.54, 1.807) is 6.26 Å². The lowest BCUT2D eigenvalue weighted by Crippen LogP contribution is -2.50. The molecular formula is C21H32N2O2. The molecule has 2 heterocycles. The average molecular weight is 344 g/mol. The Kier molecular flexibility index (Phi) is 5.45. The normalized spacial score (nSPS) is 30.5. The maximum absolute atomic E-state index is 12.4. The number of piperidine rings is 1. The van der Waals surface area contributed by atoms with Crippen molar-refractivity contribution < 1.29 is 9.21 Å². The van der Waals surface area contributed by atoms with Gasteiger partial charge in [0.2, 0.25) is 5.91 Å². The maximum Gasteiger partial charge on any atom is 0.220 e. The van der Waals surface area contributed by atoms with Gasteiger partial charge in [-0.25, -0.2) is 0 Å². The van der Waals surface area contributed by atoms with Crippen LogP contribution in [0.2, 0.25) is 0 Å². The molecule has 4 nitrogen and oxygen atoms in total. The molecule has 1 amide bonds. The molecule has 2 saturated carbocycles. The van der Waals surface area contributed by atoms with Gasteiger partial charge in [0.15, 0.2) is 0 Å². The van der Waals surface area contributed by atoms with Crippen LogP contribution in [0.5, 0.6) is 0 Å². The minimum atomic E-state index is 0.197. The van der Waals surface area contributed by atoms with Gasteiger partial charge < -0.3 is 14.6 Å². The molecule has 2 atom stereocenters. The molecule has 1 aliphatic heterocycles. The lowest BCUT2D eigenvalue weighted by molar-refractivity contribution is -0.124. The molecule has 1 aromatic heterocycles. The molecule has 138 valence electrons. The van der Waals surface area contributed by atoms with Gasteiger partial charge >= 0.3 is 0 Å². The Balaban J connectivity index is 1.29. The van der Waals surface area contributed by atoms with Crippen LogP contribution in [-0.2, 0) is 11.3 Å². The third-order valence-corrected chi connectivity index (χ3v) is 6.80. The highest BCUT2D eigenvalue weighted by Crippen LogP contribution is 2.42. The first-order valence-electron chi connectivity index (χ1n) is 10.3. The van der Waals surface area contributed by atoms with E-state index in [0.717, 1.165) is 23.5 Å². The summed E-state index contributed by atoms with van der Waals surface area (Å²) in [6.07, 6.45) is 12.1. The number of rotatable bonds is 6. The monoisotopic (exact) mass is 344 g/mol. The Labute approximate surface area is 151 Å². The van der Waals surface area contributed by atoms with Gasteiger partial charge in [-0.3, -0.25) is 4.79 Å². The summed E-state index contributed by atoms with van der Waals surface area (Å²) in [5.41, 5.74) is 0. The number of hydrogen-bond donors (Lipinski definition) is 1. The van der Waals surface area contributed by atoms with Crippen LogP contribution in [0.25, 0.3) is 0 Å². The molecule has 4 heteroatoms. The molecule has 0 aromatic carbocycles. The minimum absolute atomic E-state index is 0.197. The lowest BCUT2D eigenvalue weighted by Gasteiger charge is -2.48. The first-order valence-corrected chi connectivity index (χ1v) is 10.3. The Morgan fingerprint density at radius 1 is 1.12 bits per heavy atom. The zero-order valence-electron chi connectivity index (χ0n) is 15.3. The maximum atomic E-state index is 12.4. The van der Waals surface area contributed by atoms with Crippen molar-refractivity contribution in [2.45, 2.75) is 57.9 Å². The highest BCUT2D eigenvalue weighted by molar-refractivity contribution is 5.76. The van der Waals surface area contributed by atoms with E-state index < -0.39 is 0 Å². The molecule has 2 aliphatic carbocycles. The van der Waals surface area contributed by atoms with Crippen molar-refractivity contribution in [3.05, 3.63) is 24.2 Å². The number of furan rings is 1. The van der Waals surface area contributed by atoms with Gasteiger partial charge in [0.05, 0.1) is 12.8 Å². The minimum Gasteiger partial charge on any atom is -0.467 e. The zero-order chi connectivity index (χ0) is 17.1. The second kappa shape index (κ2) is 7.94. The molecule has 0 spiro atoms. The molecule has 25 heavy (non-hydrogen) atoms. The molecule has 3 aliphatic rings. The Morgan fingerprint density at radius 2 is 1.88 bits per heavy atom. The fourth-order valence-electron chi connectivity index (χ4n) is 5.57. The topological polar surface area (TPSA) is 45.5 Å². The highest BCUT2D eigenvalue weighted by atomic mass is 16.3. The first-order chi connectivity index (χ1) is 12.3. The first kappa shape index (κ1) is 17.1. The average Bonchev–Trinajstić information content (AvgIpc) is 3.27. The fraction of sp³-hybridized carbons (Fsp3) is 0.762. The smallest absolute Gasteiger partial charge is 0.220 e. The summed E-state index contributed by atoms with van der Waals surface area (Å²) in [6, 6.07) is 3.78. The Morgan fingerprint density at radius 3 is 2.56 bits per heavy atom. The summed E-state index contributed by atoms with van der Waals surface area (Å²) in [5, 5.41) is 3.05. The largest absolute Gasteiger partial charge is 0.467 e. The zero-order valence-corrected chi connectivity index (χ0v) is 15.3. The molecule has 2 bridgehead atoms. The van der Waals surface area contributed by atoms with Gasteiger partial charge in [-0.05, 0) is 61.5 Å². The summed E-state index contributed by atoms with van der Waals surface area (Å²) in [4.78, 5) is 15.2. The van der Waals surface area contributed by atoms with E-state index in [0.29, 0.717) is 18.9 Å².